The molecule has 0 aromatic carbocycles. The maximum absolute atomic E-state index is 14.3. The number of amides is 2. The molecule has 0 aliphatic carbocycles. The molecule has 1 spiro atoms. The molecule has 0 atom stereocenters. The molecule has 3 aromatic rings. The molecule has 12 heteroatoms. The number of aromatic nitrogens is 4. The molecule has 1 saturated heterocycles. The van der Waals surface area contributed by atoms with Gasteiger partial charge in [-0.1, -0.05) is 20.8 Å². The highest BCUT2D eigenvalue weighted by molar-refractivity contribution is 6.08. The quantitative estimate of drug-likeness (QED) is 0.484. The van der Waals surface area contributed by atoms with Gasteiger partial charge in [-0.2, -0.15) is 13.2 Å². The van der Waals surface area contributed by atoms with Crippen LogP contribution in [-0.2, 0) is 28.7 Å². The summed E-state index contributed by atoms with van der Waals surface area (Å²) in [6.07, 6.45) is -0.696. The van der Waals surface area contributed by atoms with E-state index < -0.39 is 24.1 Å². The summed E-state index contributed by atoms with van der Waals surface area (Å²) in [7, 11) is 0. The van der Waals surface area contributed by atoms with Crippen LogP contribution in [0.5, 0.6) is 0 Å². The fourth-order valence-electron chi connectivity index (χ4n) is 5.86. The first-order valence-electron chi connectivity index (χ1n) is 13.0. The van der Waals surface area contributed by atoms with Crippen LogP contribution in [0.4, 0.5) is 23.7 Å². The number of carbonyl (C=O) groups excluding carboxylic acids is 1. The number of aryl methyl sites for hydroxylation is 1. The summed E-state index contributed by atoms with van der Waals surface area (Å²) in [5.74, 6) is 0.272. The molecule has 0 unspecified atom stereocenters. The second-order valence-electron chi connectivity index (χ2n) is 11.3. The molecule has 39 heavy (non-hydrogen) atoms. The van der Waals surface area contributed by atoms with Gasteiger partial charge in [0, 0.05) is 38.4 Å². The van der Waals surface area contributed by atoms with E-state index in [4.69, 9.17) is 0 Å². The van der Waals surface area contributed by atoms with E-state index in [2.05, 4.69) is 15.0 Å². The van der Waals surface area contributed by atoms with E-state index in [9.17, 15) is 27.9 Å². The maximum atomic E-state index is 14.3. The Labute approximate surface area is 223 Å². The molecule has 5 rings (SSSR count). The number of rotatable bonds is 5. The molecule has 0 saturated carbocycles. The lowest BCUT2D eigenvalue weighted by Crippen LogP contribution is -2.50. The average Bonchev–Trinajstić information content (AvgIpc) is 3.32. The first-order chi connectivity index (χ1) is 18.3. The predicted molar refractivity (Wildman–Crippen MR) is 137 cm³/mol. The summed E-state index contributed by atoms with van der Waals surface area (Å²) in [5, 5.41) is 9.52. The number of carbonyl (C=O) groups is 2. The first kappa shape index (κ1) is 26.9. The molecule has 1 fully saturated rings. The molecule has 2 amide bonds. The molecular weight excluding hydrogens is 513 g/mol. The van der Waals surface area contributed by atoms with Gasteiger partial charge in [0.25, 0.3) is 0 Å². The number of imidazole rings is 1. The Hall–Kier alpha value is -3.70. The van der Waals surface area contributed by atoms with E-state index in [0.29, 0.717) is 35.5 Å². The van der Waals surface area contributed by atoms with E-state index in [1.807, 2.05) is 20.8 Å². The number of alkyl halides is 3. The van der Waals surface area contributed by atoms with E-state index in [1.54, 1.807) is 40.2 Å². The van der Waals surface area contributed by atoms with Gasteiger partial charge in [0.2, 0.25) is 5.91 Å². The largest absolute Gasteiger partial charge is 0.465 e. The highest BCUT2D eigenvalue weighted by Crippen LogP contribution is 2.51. The number of fused-ring (bicyclic) bond motifs is 3. The van der Waals surface area contributed by atoms with Gasteiger partial charge in [-0.15, -0.1) is 0 Å². The molecule has 0 radical (unpaired) electrons. The minimum absolute atomic E-state index is 0.0356. The van der Waals surface area contributed by atoms with Crippen molar-refractivity contribution >= 4 is 28.9 Å². The average molecular weight is 545 g/mol. The first-order valence-corrected chi connectivity index (χ1v) is 13.0. The van der Waals surface area contributed by atoms with Crippen molar-refractivity contribution in [3.8, 4) is 0 Å². The van der Waals surface area contributed by atoms with Gasteiger partial charge >= 0.3 is 12.3 Å². The Morgan fingerprint density at radius 3 is 2.51 bits per heavy atom. The summed E-state index contributed by atoms with van der Waals surface area (Å²) >= 11 is 0. The van der Waals surface area contributed by atoms with Crippen LogP contribution in [0.15, 0.2) is 30.7 Å². The lowest BCUT2D eigenvalue weighted by Gasteiger charge is -2.39. The minimum atomic E-state index is -4.27. The number of hydrogen-bond donors (Lipinski definition) is 1. The second kappa shape index (κ2) is 9.49. The Morgan fingerprint density at radius 1 is 1.15 bits per heavy atom. The molecular formula is C27H31F3N6O3. The highest BCUT2D eigenvalue weighted by atomic mass is 19.4. The van der Waals surface area contributed by atoms with Crippen LogP contribution in [0.2, 0.25) is 0 Å². The number of piperidine rings is 1. The van der Waals surface area contributed by atoms with Crippen molar-refractivity contribution in [3.05, 3.63) is 47.7 Å². The summed E-state index contributed by atoms with van der Waals surface area (Å²) in [5.41, 5.74) is 2.17. The second-order valence-corrected chi connectivity index (χ2v) is 11.3. The van der Waals surface area contributed by atoms with Gasteiger partial charge in [0.1, 0.15) is 5.82 Å². The molecule has 9 nitrogen and oxygen atoms in total. The van der Waals surface area contributed by atoms with Crippen LogP contribution in [-0.4, -0.2) is 60.8 Å². The summed E-state index contributed by atoms with van der Waals surface area (Å²) in [6, 6.07) is 3.46. The van der Waals surface area contributed by atoms with Gasteiger partial charge < -0.3 is 19.5 Å². The van der Waals surface area contributed by atoms with Gasteiger partial charge in [0.15, 0.2) is 5.65 Å². The standard InChI is InChI=1S/C27H31F3N6O3/c1-25(2,3)17-14-31-15-19-21(17)26(8-12-34(13-9-26)24(38)39)23(37)36(19)16-20-33-22-18(6-4-10-32-22)35(20)11-5-7-27(28,29)30/h4,6,10,14-15H,5,7-9,11-13,16H2,1-3H3,(H,38,39). The fourth-order valence-corrected chi connectivity index (χ4v) is 5.86. The van der Waals surface area contributed by atoms with Gasteiger partial charge in [-0.25, -0.2) is 14.8 Å². The molecule has 2 aliphatic rings. The van der Waals surface area contributed by atoms with Crippen LogP contribution in [0.1, 0.15) is 63.4 Å². The molecule has 1 N–H and O–H groups in total. The fraction of sp³-hybridized carbons (Fsp3) is 0.519. The van der Waals surface area contributed by atoms with Crippen LogP contribution in [0.25, 0.3) is 11.2 Å². The maximum Gasteiger partial charge on any atom is 0.407 e. The van der Waals surface area contributed by atoms with Crippen LogP contribution >= 0.6 is 0 Å². The van der Waals surface area contributed by atoms with Crippen molar-refractivity contribution in [2.75, 3.05) is 18.0 Å². The van der Waals surface area contributed by atoms with Crippen LogP contribution in [0, 0.1) is 0 Å². The van der Waals surface area contributed by atoms with Gasteiger partial charge in [0.05, 0.1) is 29.4 Å². The van der Waals surface area contributed by atoms with Gasteiger partial charge in [-0.05, 0) is 47.9 Å². The number of carboxylic acid groups (broad SMARTS) is 1. The zero-order valence-electron chi connectivity index (χ0n) is 22.1. The summed E-state index contributed by atoms with van der Waals surface area (Å²) in [4.78, 5) is 42.2. The van der Waals surface area contributed by atoms with Crippen LogP contribution < -0.4 is 4.90 Å². The minimum Gasteiger partial charge on any atom is -0.465 e. The zero-order chi connectivity index (χ0) is 28.2. The SMILES string of the molecule is CC(C)(C)c1cncc2c1C1(CCN(C(=O)O)CC1)C(=O)N2Cc1nc2ncccc2n1CCCC(F)(F)F. The third-order valence-corrected chi connectivity index (χ3v) is 7.79. The monoisotopic (exact) mass is 544 g/mol. The third kappa shape index (κ3) is 4.80. The number of anilines is 1. The lowest BCUT2D eigenvalue weighted by molar-refractivity contribution is -0.135. The number of pyridine rings is 2. The van der Waals surface area contributed by atoms with Crippen LogP contribution in [0.3, 0.4) is 0 Å². The van der Waals surface area contributed by atoms with E-state index in [0.717, 1.165) is 11.1 Å². The summed E-state index contributed by atoms with van der Waals surface area (Å²) in [6.45, 7) is 6.69. The van der Waals surface area contributed by atoms with E-state index >= 15 is 0 Å². The molecule has 3 aromatic heterocycles. The Balaban J connectivity index is 1.57. The lowest BCUT2D eigenvalue weighted by atomic mass is 9.69. The third-order valence-electron chi connectivity index (χ3n) is 7.79. The number of hydrogen-bond acceptors (Lipinski definition) is 5. The molecule has 5 heterocycles. The molecule has 2 aliphatic heterocycles. The van der Waals surface area contributed by atoms with E-state index in [1.165, 1.54) is 4.90 Å². The van der Waals surface area contributed by atoms with Crippen molar-refractivity contribution in [1.29, 1.82) is 0 Å². The topological polar surface area (TPSA) is 104 Å². The van der Waals surface area contributed by atoms with Crippen molar-refractivity contribution in [3.63, 3.8) is 0 Å². The van der Waals surface area contributed by atoms with Gasteiger partial charge in [-0.3, -0.25) is 9.78 Å². The molecule has 0 bridgehead atoms. The Kier molecular flexibility index (Phi) is 6.54. The van der Waals surface area contributed by atoms with Crippen molar-refractivity contribution in [2.45, 2.75) is 76.6 Å². The predicted octanol–water partition coefficient (Wildman–Crippen LogP) is 5.02. The molecule has 208 valence electrons. The number of likely N-dealkylation sites (tertiary alicyclic amines) is 1. The highest BCUT2D eigenvalue weighted by Gasteiger charge is 2.54. The normalized spacial score (nSPS) is 17.3. The Bertz CT molecular complexity index is 1420. The van der Waals surface area contributed by atoms with E-state index in [-0.39, 0.29) is 43.9 Å². The summed E-state index contributed by atoms with van der Waals surface area (Å²) < 4.78 is 40.5. The van der Waals surface area contributed by atoms with Crippen molar-refractivity contribution < 1.29 is 27.9 Å². The zero-order valence-corrected chi connectivity index (χ0v) is 22.1. The van der Waals surface area contributed by atoms with Crippen molar-refractivity contribution in [1.82, 2.24) is 24.4 Å². The Morgan fingerprint density at radius 2 is 1.87 bits per heavy atom. The van der Waals surface area contributed by atoms with Crippen molar-refractivity contribution in [2.24, 2.45) is 0 Å². The number of halogens is 3. The number of nitrogens with zero attached hydrogens (tertiary/aromatic N) is 6. The smallest absolute Gasteiger partial charge is 0.407 e.